The molecule has 4 amide bonds. The molecular formula is C38H46Li2N4O12. The van der Waals surface area contributed by atoms with Gasteiger partial charge in [-0.05, 0) is 63.5 Å². The predicted molar refractivity (Wildman–Crippen MR) is 186 cm³/mol. The molecule has 2 aliphatic heterocycles. The van der Waals surface area contributed by atoms with Crippen molar-refractivity contribution in [2.75, 3.05) is 13.1 Å². The Labute approximate surface area is 349 Å². The van der Waals surface area contributed by atoms with Crippen LogP contribution in [0.25, 0.3) is 0 Å². The molecule has 2 aromatic rings. The Morgan fingerprint density at radius 3 is 1.23 bits per heavy atom. The van der Waals surface area contributed by atoms with E-state index in [0.29, 0.717) is 38.8 Å². The summed E-state index contributed by atoms with van der Waals surface area (Å²) in [5.74, 6) is -8.64. The van der Waals surface area contributed by atoms with Gasteiger partial charge in [-0.1, -0.05) is 60.7 Å². The molecule has 2 aromatic carbocycles. The number of benzene rings is 2. The van der Waals surface area contributed by atoms with Crippen molar-refractivity contribution in [3.8, 4) is 0 Å². The summed E-state index contributed by atoms with van der Waals surface area (Å²) in [6, 6.07) is 14.1. The fraction of sp³-hybridized carbons (Fsp3) is 0.474. The first-order valence-electron chi connectivity index (χ1n) is 17.7. The van der Waals surface area contributed by atoms with Gasteiger partial charge in [0.05, 0.1) is 48.7 Å². The Morgan fingerprint density at radius 2 is 0.946 bits per heavy atom. The van der Waals surface area contributed by atoms with Gasteiger partial charge in [-0.2, -0.15) is 0 Å². The van der Waals surface area contributed by atoms with Crippen molar-refractivity contribution in [2.45, 2.75) is 89.4 Å². The number of carbonyl (C=O) groups is 8. The molecule has 2 fully saturated rings. The fourth-order valence-corrected chi connectivity index (χ4v) is 6.57. The van der Waals surface area contributed by atoms with E-state index in [1.54, 1.807) is 48.5 Å². The minimum Gasteiger partial charge on any atom is -0.548 e. The molecule has 2 saturated heterocycles. The fourth-order valence-electron chi connectivity index (χ4n) is 6.57. The SMILES string of the molecule is C[C@H](NC(=O)C(CC(=O)O)Cc1ccccc1)C(=O)N1CCC[C@H]1C(=O)[O-].C[C@H](NC(=O)C(CC(=O)O)Cc1ccccc1)C(=O)N1CCC[C@H]1C(=O)[O-].[Li+].[Li+]. The van der Waals surface area contributed by atoms with Crippen molar-refractivity contribution in [2.24, 2.45) is 11.8 Å². The number of likely N-dealkylation sites (tertiary alicyclic amines) is 2. The van der Waals surface area contributed by atoms with Crippen LogP contribution in [0.3, 0.4) is 0 Å². The first-order valence-corrected chi connectivity index (χ1v) is 17.7. The number of carboxylic acid groups (broad SMARTS) is 4. The van der Waals surface area contributed by atoms with E-state index in [1.807, 2.05) is 12.1 Å². The van der Waals surface area contributed by atoms with E-state index in [1.165, 1.54) is 23.6 Å². The maximum Gasteiger partial charge on any atom is 1.00 e. The largest absolute Gasteiger partial charge is 1.00 e. The summed E-state index contributed by atoms with van der Waals surface area (Å²) in [6.45, 7) is 3.51. The van der Waals surface area contributed by atoms with Crippen molar-refractivity contribution in [3.05, 3.63) is 71.8 Å². The zero-order chi connectivity index (χ0) is 39.9. The maximum atomic E-state index is 12.6. The maximum absolute atomic E-state index is 12.6. The Bertz CT molecular complexity index is 1540. The van der Waals surface area contributed by atoms with E-state index in [9.17, 15) is 48.6 Å². The van der Waals surface area contributed by atoms with E-state index in [0.717, 1.165) is 11.1 Å². The summed E-state index contributed by atoms with van der Waals surface area (Å²) < 4.78 is 0. The van der Waals surface area contributed by atoms with Crippen LogP contribution in [0.15, 0.2) is 60.7 Å². The number of rotatable bonds is 16. The molecule has 292 valence electrons. The predicted octanol–water partition coefficient (Wildman–Crippen LogP) is -6.86. The average molecular weight is 765 g/mol. The molecule has 0 bridgehead atoms. The molecule has 0 spiro atoms. The van der Waals surface area contributed by atoms with Crippen LogP contribution in [0.4, 0.5) is 0 Å². The van der Waals surface area contributed by atoms with Crippen LogP contribution in [-0.4, -0.2) is 105 Å². The smallest absolute Gasteiger partial charge is 0.548 e. The quantitative estimate of drug-likeness (QED) is 0.116. The summed E-state index contributed by atoms with van der Waals surface area (Å²) in [4.78, 5) is 97.0. The van der Waals surface area contributed by atoms with Gasteiger partial charge in [-0.25, -0.2) is 0 Å². The van der Waals surface area contributed by atoms with Gasteiger partial charge < -0.3 is 50.4 Å². The number of hydrogen-bond acceptors (Lipinski definition) is 10. The standard InChI is InChI=1S/2C19H24N2O6.2Li/c2*1-12(18(25)21-9-5-8-15(21)19(26)27)20-17(24)14(11-16(22)23)10-13-6-3-2-4-7-13;;/h2*2-4,6-7,12,14-15H,5,8-11H2,1H3,(H,20,24)(H,22,23)(H,26,27);;/q;;2*+1/p-2/t2*12-,14?,15-;;/m00../s1. The molecular weight excluding hydrogens is 718 g/mol. The molecule has 0 aromatic heterocycles. The topological polar surface area (TPSA) is 254 Å². The Morgan fingerprint density at radius 1 is 0.625 bits per heavy atom. The summed E-state index contributed by atoms with van der Waals surface area (Å²) in [6.07, 6.45) is 1.48. The van der Waals surface area contributed by atoms with Gasteiger partial charge in [0.15, 0.2) is 0 Å². The van der Waals surface area contributed by atoms with Crippen LogP contribution < -0.4 is 58.6 Å². The van der Waals surface area contributed by atoms with Crippen LogP contribution in [0.1, 0.15) is 63.5 Å². The van der Waals surface area contributed by atoms with E-state index in [2.05, 4.69) is 10.6 Å². The Hall–Kier alpha value is -4.61. The first-order chi connectivity index (χ1) is 25.6. The Kier molecular flexibility index (Phi) is 21.3. The molecule has 2 heterocycles. The number of carbonyl (C=O) groups excluding carboxylic acids is 6. The number of nitrogens with zero attached hydrogens (tertiary/aromatic N) is 2. The number of aliphatic carboxylic acids is 4. The summed E-state index contributed by atoms with van der Waals surface area (Å²) >= 11 is 0. The third kappa shape index (κ3) is 15.1. The van der Waals surface area contributed by atoms with Gasteiger partial charge in [-0.3, -0.25) is 28.8 Å². The second kappa shape index (κ2) is 24.1. The Balaban J connectivity index is 0.000000541. The first kappa shape index (κ1) is 49.4. The molecule has 18 heteroatoms. The minimum atomic E-state index is -1.31. The molecule has 2 aliphatic rings. The minimum absolute atomic E-state index is 0. The van der Waals surface area contributed by atoms with Crippen LogP contribution in [0.5, 0.6) is 0 Å². The third-order valence-corrected chi connectivity index (χ3v) is 9.31. The van der Waals surface area contributed by atoms with E-state index >= 15 is 0 Å². The molecule has 56 heavy (non-hydrogen) atoms. The van der Waals surface area contributed by atoms with E-state index in [4.69, 9.17) is 10.2 Å². The normalized spacial score (nSPS) is 17.9. The molecule has 2 unspecified atom stereocenters. The van der Waals surface area contributed by atoms with Crippen molar-refractivity contribution in [3.63, 3.8) is 0 Å². The van der Waals surface area contributed by atoms with Crippen molar-refractivity contribution < 1.29 is 96.5 Å². The number of nitrogens with one attached hydrogen (secondary N) is 2. The molecule has 4 rings (SSSR count). The van der Waals surface area contributed by atoms with Gasteiger partial charge in [0, 0.05) is 13.1 Å². The molecule has 4 N–H and O–H groups in total. The molecule has 6 atom stereocenters. The van der Waals surface area contributed by atoms with Crippen molar-refractivity contribution in [1.29, 1.82) is 0 Å². The zero-order valence-corrected chi connectivity index (χ0v) is 32.2. The third-order valence-electron chi connectivity index (χ3n) is 9.31. The second-order valence-electron chi connectivity index (χ2n) is 13.4. The van der Waals surface area contributed by atoms with Gasteiger partial charge >= 0.3 is 49.7 Å². The average Bonchev–Trinajstić information content (AvgIpc) is 3.82. The van der Waals surface area contributed by atoms with Gasteiger partial charge in [0.25, 0.3) is 0 Å². The van der Waals surface area contributed by atoms with Crippen LogP contribution in [0, 0.1) is 11.8 Å². The number of amides is 4. The van der Waals surface area contributed by atoms with Gasteiger partial charge in [0.2, 0.25) is 23.6 Å². The summed E-state index contributed by atoms with van der Waals surface area (Å²) in [5.41, 5.74) is 1.63. The van der Waals surface area contributed by atoms with Crippen LogP contribution in [-0.2, 0) is 51.2 Å². The number of carboxylic acids is 4. The molecule has 16 nitrogen and oxygen atoms in total. The van der Waals surface area contributed by atoms with Crippen LogP contribution in [0.2, 0.25) is 0 Å². The molecule has 0 radical (unpaired) electrons. The summed E-state index contributed by atoms with van der Waals surface area (Å²) in [7, 11) is 0. The molecule has 0 aliphatic carbocycles. The number of hydrogen-bond donors (Lipinski definition) is 4. The van der Waals surface area contributed by atoms with Crippen molar-refractivity contribution in [1.82, 2.24) is 20.4 Å². The van der Waals surface area contributed by atoms with E-state index in [-0.39, 0.29) is 63.4 Å². The monoisotopic (exact) mass is 764 g/mol. The summed E-state index contributed by atoms with van der Waals surface area (Å²) in [5, 5.41) is 45.5. The van der Waals surface area contributed by atoms with Crippen LogP contribution >= 0.6 is 0 Å². The molecule has 0 saturated carbocycles. The van der Waals surface area contributed by atoms with Crippen molar-refractivity contribution >= 4 is 47.5 Å². The van der Waals surface area contributed by atoms with Gasteiger partial charge in [-0.15, -0.1) is 0 Å². The van der Waals surface area contributed by atoms with Gasteiger partial charge in [0.1, 0.15) is 12.1 Å². The van der Waals surface area contributed by atoms with E-state index < -0.39 is 83.5 Å². The zero-order valence-electron chi connectivity index (χ0n) is 32.2. The second-order valence-corrected chi connectivity index (χ2v) is 13.4.